The van der Waals surface area contributed by atoms with Crippen molar-refractivity contribution in [3.8, 4) is 0 Å². The van der Waals surface area contributed by atoms with Gasteiger partial charge in [0.1, 0.15) is 5.60 Å². The van der Waals surface area contributed by atoms with Gasteiger partial charge in [-0.05, 0) is 87.2 Å². The molecule has 1 aliphatic heterocycles. The van der Waals surface area contributed by atoms with Gasteiger partial charge < -0.3 is 30.3 Å². The molecule has 49 heavy (non-hydrogen) atoms. The Morgan fingerprint density at radius 2 is 1.57 bits per heavy atom. The van der Waals surface area contributed by atoms with E-state index in [0.29, 0.717) is 19.3 Å². The van der Waals surface area contributed by atoms with Crippen LogP contribution in [0.4, 0.5) is 4.79 Å². The number of alkyl carbamates (subject to hydrolysis) is 1. The molecule has 0 saturated carbocycles. The summed E-state index contributed by atoms with van der Waals surface area (Å²) in [5, 5.41) is 28.6. The normalized spacial score (nSPS) is 19.8. The summed E-state index contributed by atoms with van der Waals surface area (Å²) in [5.41, 5.74) is 4.40. The zero-order chi connectivity index (χ0) is 34.8. The predicted molar refractivity (Wildman–Crippen MR) is 190 cm³/mol. The maximum atomic E-state index is 14.1. The summed E-state index contributed by atoms with van der Waals surface area (Å²) < 4.78 is 11.0. The highest BCUT2D eigenvalue weighted by atomic mass is 16.6. The molecule has 9 nitrogen and oxygen atoms in total. The molecule has 0 spiro atoms. The van der Waals surface area contributed by atoms with Gasteiger partial charge in [-0.1, -0.05) is 78.9 Å². The van der Waals surface area contributed by atoms with Crippen molar-refractivity contribution in [1.29, 1.82) is 0 Å². The standard InChI is InChI=1S/C40H53N3O6/c1-40(2,3)49-39(47)41-34(25-29-10-5-4-6-11-29)35(44)27-32(38(46)42-37-33-14-8-7-13-31(33)26-36(37)45)24-30-17-15-28(16-18-30)12-9-19-43-20-22-48-23-21-43/h4-8,10-11,13-18,32,34-37,44-45H,9,12,19-27H2,1-3H3,(H,41,47)(H,42,46)/t32-,34+,35+,36-,37+/m1/s1. The van der Waals surface area contributed by atoms with E-state index in [2.05, 4.69) is 39.8 Å². The quantitative estimate of drug-likeness (QED) is 0.195. The number of morpholine rings is 1. The molecule has 264 valence electrons. The van der Waals surface area contributed by atoms with Crippen molar-refractivity contribution >= 4 is 12.0 Å². The summed E-state index contributed by atoms with van der Waals surface area (Å²) in [6.45, 7) is 9.99. The summed E-state index contributed by atoms with van der Waals surface area (Å²) in [6.07, 6.45) is 0.961. The second-order valence-electron chi connectivity index (χ2n) is 14.5. The fourth-order valence-corrected chi connectivity index (χ4v) is 6.83. The Kier molecular flexibility index (Phi) is 12.9. The van der Waals surface area contributed by atoms with E-state index < -0.39 is 41.9 Å². The molecule has 5 rings (SSSR count). The lowest BCUT2D eigenvalue weighted by atomic mass is 9.88. The van der Waals surface area contributed by atoms with E-state index in [-0.39, 0.29) is 12.3 Å². The van der Waals surface area contributed by atoms with Crippen LogP contribution in [0.5, 0.6) is 0 Å². The Hall–Kier alpha value is -3.76. The number of aryl methyl sites for hydroxylation is 1. The maximum absolute atomic E-state index is 14.1. The van der Waals surface area contributed by atoms with Crippen LogP contribution < -0.4 is 10.6 Å². The topological polar surface area (TPSA) is 120 Å². The van der Waals surface area contributed by atoms with Gasteiger partial charge in [-0.3, -0.25) is 9.69 Å². The molecule has 1 aliphatic carbocycles. The maximum Gasteiger partial charge on any atom is 0.407 e. The van der Waals surface area contributed by atoms with Gasteiger partial charge in [0.2, 0.25) is 5.91 Å². The minimum Gasteiger partial charge on any atom is -0.444 e. The van der Waals surface area contributed by atoms with Crippen molar-refractivity contribution in [1.82, 2.24) is 15.5 Å². The lowest BCUT2D eigenvalue weighted by Gasteiger charge is -2.30. The third-order valence-corrected chi connectivity index (χ3v) is 9.41. The molecule has 1 saturated heterocycles. The number of benzene rings is 3. The zero-order valence-electron chi connectivity index (χ0n) is 29.1. The van der Waals surface area contributed by atoms with Crippen molar-refractivity contribution < 1.29 is 29.3 Å². The number of hydrogen-bond donors (Lipinski definition) is 4. The number of fused-ring (bicyclic) bond motifs is 1. The van der Waals surface area contributed by atoms with Crippen LogP contribution in [-0.4, -0.2) is 83.8 Å². The average Bonchev–Trinajstić information content (AvgIpc) is 3.39. The van der Waals surface area contributed by atoms with Crippen LogP contribution in [0.3, 0.4) is 0 Å². The summed E-state index contributed by atoms with van der Waals surface area (Å²) in [4.78, 5) is 29.4. The number of hydrogen-bond acceptors (Lipinski definition) is 7. The van der Waals surface area contributed by atoms with Crippen LogP contribution >= 0.6 is 0 Å². The minimum absolute atomic E-state index is 0.102. The largest absolute Gasteiger partial charge is 0.444 e. The second-order valence-corrected chi connectivity index (χ2v) is 14.5. The zero-order valence-corrected chi connectivity index (χ0v) is 29.1. The predicted octanol–water partition coefficient (Wildman–Crippen LogP) is 4.77. The lowest BCUT2D eigenvalue weighted by Crippen LogP contribution is -2.48. The Bertz CT molecular complexity index is 1490. The van der Waals surface area contributed by atoms with Crippen LogP contribution in [0.25, 0.3) is 0 Å². The molecular weight excluding hydrogens is 618 g/mol. The summed E-state index contributed by atoms with van der Waals surface area (Å²) in [7, 11) is 0. The van der Waals surface area contributed by atoms with Crippen LogP contribution in [0.1, 0.15) is 67.5 Å². The highest BCUT2D eigenvalue weighted by Crippen LogP contribution is 2.32. The fourth-order valence-electron chi connectivity index (χ4n) is 6.83. The van der Waals surface area contributed by atoms with Gasteiger partial charge in [0.05, 0.1) is 37.5 Å². The van der Waals surface area contributed by atoms with Crippen molar-refractivity contribution in [2.75, 3.05) is 32.8 Å². The van der Waals surface area contributed by atoms with E-state index in [9.17, 15) is 19.8 Å². The third-order valence-electron chi connectivity index (χ3n) is 9.41. The number of nitrogens with one attached hydrogen (secondary N) is 2. The number of aliphatic hydroxyl groups is 2. The molecule has 2 aliphatic rings. The van der Waals surface area contributed by atoms with Gasteiger partial charge >= 0.3 is 6.09 Å². The number of carbonyl (C=O) groups excluding carboxylic acids is 2. The molecule has 1 fully saturated rings. The summed E-state index contributed by atoms with van der Waals surface area (Å²) >= 11 is 0. The van der Waals surface area contributed by atoms with E-state index in [1.807, 2.05) is 54.6 Å². The molecule has 1 heterocycles. The summed E-state index contributed by atoms with van der Waals surface area (Å²) in [5.74, 6) is -0.869. The highest BCUT2D eigenvalue weighted by Gasteiger charge is 2.35. The van der Waals surface area contributed by atoms with Gasteiger partial charge in [0, 0.05) is 25.4 Å². The first-order chi connectivity index (χ1) is 23.5. The number of aliphatic hydroxyl groups excluding tert-OH is 2. The van der Waals surface area contributed by atoms with Crippen LogP contribution in [0, 0.1) is 5.92 Å². The number of carbonyl (C=O) groups is 2. The molecule has 0 aromatic heterocycles. The van der Waals surface area contributed by atoms with Gasteiger partial charge in [0.25, 0.3) is 0 Å². The van der Waals surface area contributed by atoms with Gasteiger partial charge in [-0.2, -0.15) is 0 Å². The Morgan fingerprint density at radius 3 is 2.29 bits per heavy atom. The molecule has 0 bridgehead atoms. The first kappa shape index (κ1) is 36.5. The first-order valence-corrected chi connectivity index (χ1v) is 17.7. The fraction of sp³-hybridized carbons (Fsp3) is 0.500. The van der Waals surface area contributed by atoms with Crippen LogP contribution in [-0.2, 0) is 40.0 Å². The molecule has 9 heteroatoms. The second kappa shape index (κ2) is 17.3. The van der Waals surface area contributed by atoms with Crippen molar-refractivity contribution in [3.63, 3.8) is 0 Å². The number of amides is 2. The number of ether oxygens (including phenoxy) is 2. The Labute approximate surface area is 291 Å². The molecule has 5 atom stereocenters. The van der Waals surface area contributed by atoms with Crippen molar-refractivity contribution in [2.45, 2.75) is 89.2 Å². The lowest BCUT2D eigenvalue weighted by molar-refractivity contribution is -0.127. The van der Waals surface area contributed by atoms with Crippen molar-refractivity contribution in [2.24, 2.45) is 5.92 Å². The van der Waals surface area contributed by atoms with Gasteiger partial charge in [-0.25, -0.2) is 4.79 Å². The van der Waals surface area contributed by atoms with Crippen molar-refractivity contribution in [3.05, 3.63) is 107 Å². The summed E-state index contributed by atoms with van der Waals surface area (Å²) in [6, 6.07) is 24.6. The van der Waals surface area contributed by atoms with E-state index in [1.54, 1.807) is 20.8 Å². The Morgan fingerprint density at radius 1 is 0.918 bits per heavy atom. The molecule has 3 aromatic rings. The highest BCUT2D eigenvalue weighted by molar-refractivity contribution is 5.80. The monoisotopic (exact) mass is 671 g/mol. The van der Waals surface area contributed by atoms with Crippen LogP contribution in [0.15, 0.2) is 78.9 Å². The Balaban J connectivity index is 1.31. The van der Waals surface area contributed by atoms with Crippen LogP contribution in [0.2, 0.25) is 0 Å². The molecule has 2 amide bonds. The molecule has 4 N–H and O–H groups in total. The minimum atomic E-state index is -1.05. The average molecular weight is 672 g/mol. The van der Waals surface area contributed by atoms with E-state index >= 15 is 0 Å². The first-order valence-electron chi connectivity index (χ1n) is 17.7. The molecular formula is C40H53N3O6. The van der Waals surface area contributed by atoms with Gasteiger partial charge in [-0.15, -0.1) is 0 Å². The van der Waals surface area contributed by atoms with E-state index in [4.69, 9.17) is 9.47 Å². The van der Waals surface area contributed by atoms with E-state index in [0.717, 1.165) is 67.9 Å². The van der Waals surface area contributed by atoms with E-state index in [1.165, 1.54) is 5.56 Å². The molecule has 0 radical (unpaired) electrons. The van der Waals surface area contributed by atoms with Gasteiger partial charge in [0.15, 0.2) is 0 Å². The SMILES string of the molecule is CC(C)(C)OC(=O)N[C@@H](Cc1ccccc1)[C@@H](O)C[C@@H](Cc1ccc(CCCN2CCOCC2)cc1)C(=O)N[C@H]1c2ccccc2C[C@H]1O. The smallest absolute Gasteiger partial charge is 0.407 e. The molecule has 3 aromatic carbocycles. The molecule has 0 unspecified atom stereocenters. The number of rotatable bonds is 14. The third kappa shape index (κ3) is 11.1. The number of nitrogens with zero attached hydrogens (tertiary/aromatic N) is 1.